The van der Waals surface area contributed by atoms with Crippen molar-refractivity contribution in [2.45, 2.75) is 35.5 Å². The average Bonchev–Trinajstić information content (AvgIpc) is 3.51. The molecule has 0 radical (unpaired) electrons. The Hall–Kier alpha value is -3.35. The lowest BCUT2D eigenvalue weighted by Crippen LogP contribution is -2.33. The minimum Gasteiger partial charge on any atom is -0.330 e. The molecule has 8 nitrogen and oxygen atoms in total. The van der Waals surface area contributed by atoms with E-state index in [9.17, 15) is 22.8 Å². The smallest absolute Gasteiger partial charge is 0.330 e. The molecule has 1 aliphatic heterocycles. The van der Waals surface area contributed by atoms with Gasteiger partial charge in [0.05, 0.1) is 10.0 Å². The summed E-state index contributed by atoms with van der Waals surface area (Å²) in [6.45, 7) is 0.325. The van der Waals surface area contributed by atoms with Crippen LogP contribution in [0.5, 0.6) is 0 Å². The fourth-order valence-corrected chi connectivity index (χ4v) is 5.69. The molecule has 0 saturated heterocycles. The summed E-state index contributed by atoms with van der Waals surface area (Å²) >= 11 is 13.2. The summed E-state index contributed by atoms with van der Waals surface area (Å²) in [5, 5.41) is 14.2. The summed E-state index contributed by atoms with van der Waals surface area (Å²) in [4.78, 5) is 29.7. The number of amides is 1. The van der Waals surface area contributed by atoms with Crippen LogP contribution in [0, 0.1) is 0 Å². The van der Waals surface area contributed by atoms with E-state index in [0.717, 1.165) is 34.5 Å². The number of carbonyl (C=O) groups is 1. The summed E-state index contributed by atoms with van der Waals surface area (Å²) < 4.78 is 40.5. The molecule has 0 saturated carbocycles. The van der Waals surface area contributed by atoms with Gasteiger partial charge in [0.2, 0.25) is 0 Å². The highest BCUT2D eigenvalue weighted by Gasteiger charge is 2.36. The van der Waals surface area contributed by atoms with E-state index in [1.807, 2.05) is 18.2 Å². The lowest BCUT2D eigenvalue weighted by atomic mass is 10.0. The van der Waals surface area contributed by atoms with Gasteiger partial charge in [-0.25, -0.2) is 0 Å². The molecule has 37 heavy (non-hydrogen) atoms. The molecule has 2 aromatic carbocycles. The number of tetrazole rings is 1. The van der Waals surface area contributed by atoms with E-state index in [1.54, 1.807) is 11.1 Å². The molecule has 5 rings (SSSR count). The van der Waals surface area contributed by atoms with Crippen molar-refractivity contribution in [1.29, 1.82) is 0 Å². The average molecular weight is 567 g/mol. The Balaban J connectivity index is 1.52. The molecule has 0 unspecified atom stereocenters. The van der Waals surface area contributed by atoms with Crippen molar-refractivity contribution in [2.24, 2.45) is 0 Å². The summed E-state index contributed by atoms with van der Waals surface area (Å²) in [7, 11) is 0. The molecule has 0 spiro atoms. The zero-order valence-electron chi connectivity index (χ0n) is 18.6. The highest BCUT2D eigenvalue weighted by molar-refractivity contribution is 7.99. The molecule has 0 aliphatic carbocycles. The number of fused-ring (bicyclic) bond motifs is 1. The van der Waals surface area contributed by atoms with Gasteiger partial charge in [0.1, 0.15) is 11.3 Å². The molecule has 2 aromatic heterocycles. The molecule has 14 heteroatoms. The quantitative estimate of drug-likeness (QED) is 0.347. The first kappa shape index (κ1) is 25.3. The molecule has 4 aromatic rings. The number of nitrogens with zero attached hydrogens (tertiary/aromatic N) is 4. The number of pyridine rings is 1. The van der Waals surface area contributed by atoms with E-state index in [0.29, 0.717) is 12.2 Å². The second-order valence-corrected chi connectivity index (χ2v) is 9.99. The van der Waals surface area contributed by atoms with Crippen LogP contribution >= 0.6 is 35.0 Å². The van der Waals surface area contributed by atoms with Crippen LogP contribution in [-0.2, 0) is 25.7 Å². The second-order valence-electron chi connectivity index (χ2n) is 8.12. The number of aromatic nitrogens is 5. The Bertz CT molecular complexity index is 1540. The van der Waals surface area contributed by atoms with Crippen molar-refractivity contribution in [1.82, 2.24) is 30.5 Å². The van der Waals surface area contributed by atoms with Crippen LogP contribution in [0.4, 0.5) is 13.2 Å². The first-order valence-corrected chi connectivity index (χ1v) is 12.3. The maximum absolute atomic E-state index is 13.6. The minimum absolute atomic E-state index is 0.152. The Labute approximate surface area is 221 Å². The molecule has 190 valence electrons. The van der Waals surface area contributed by atoms with Crippen molar-refractivity contribution >= 4 is 40.9 Å². The number of carbonyl (C=O) groups excluding carboxylic acids is 1. The molecule has 0 atom stereocenters. The predicted molar refractivity (Wildman–Crippen MR) is 130 cm³/mol. The lowest BCUT2D eigenvalue weighted by Gasteiger charge is -2.19. The summed E-state index contributed by atoms with van der Waals surface area (Å²) in [6, 6.07) is 10.9. The highest BCUT2D eigenvalue weighted by atomic mass is 35.5. The zero-order valence-corrected chi connectivity index (χ0v) is 20.9. The van der Waals surface area contributed by atoms with E-state index >= 15 is 0 Å². The Morgan fingerprint density at radius 3 is 2.51 bits per heavy atom. The monoisotopic (exact) mass is 566 g/mol. The maximum Gasteiger partial charge on any atom is 0.431 e. The van der Waals surface area contributed by atoms with Crippen molar-refractivity contribution in [3.63, 3.8) is 0 Å². The van der Waals surface area contributed by atoms with Crippen LogP contribution in [0.15, 0.2) is 57.1 Å². The molecule has 1 amide bonds. The number of benzene rings is 2. The van der Waals surface area contributed by atoms with E-state index in [1.165, 1.54) is 17.0 Å². The van der Waals surface area contributed by atoms with Gasteiger partial charge < -0.3 is 9.88 Å². The lowest BCUT2D eigenvalue weighted by molar-refractivity contribution is -0.141. The molecule has 0 fully saturated rings. The molecule has 2 N–H and O–H groups in total. The number of H-pyrrole nitrogens is 2. The summed E-state index contributed by atoms with van der Waals surface area (Å²) in [5.74, 6) is -0.255. The maximum atomic E-state index is 13.6. The van der Waals surface area contributed by atoms with E-state index < -0.39 is 28.9 Å². The van der Waals surface area contributed by atoms with Gasteiger partial charge in [0.15, 0.2) is 5.82 Å². The molecular weight excluding hydrogens is 552 g/mol. The topological polar surface area (TPSA) is 108 Å². The Kier molecular flexibility index (Phi) is 6.73. The van der Waals surface area contributed by atoms with Crippen LogP contribution in [0.25, 0.3) is 0 Å². The van der Waals surface area contributed by atoms with Crippen LogP contribution in [-0.4, -0.2) is 36.4 Å². The number of hydrogen-bond donors (Lipinski definition) is 2. The van der Waals surface area contributed by atoms with Gasteiger partial charge in [-0.05, 0) is 34.9 Å². The SMILES string of the molecule is O=C(c1c(Sc2c(Cl)cccc2Cl)cc(C(F)(F)F)[nH]c1=O)N1Cc2cccc(Cc3nn[nH]n3)c2C1. The first-order valence-electron chi connectivity index (χ1n) is 10.7. The third-order valence-electron chi connectivity index (χ3n) is 5.75. The standard InChI is InChI=1S/C23H15Cl2F3N6O2S/c24-14-5-2-6-15(25)20(14)37-16-8-17(23(26,27)28)29-21(35)19(16)22(36)34-9-12-4-1-3-11(13(12)10-34)7-18-30-32-33-31-18/h1-6,8H,7,9-10H2,(H,29,35)(H,30,31,32,33). The first-order chi connectivity index (χ1) is 17.6. The Morgan fingerprint density at radius 1 is 1.11 bits per heavy atom. The van der Waals surface area contributed by atoms with Crippen molar-refractivity contribution in [2.75, 3.05) is 0 Å². The second kappa shape index (κ2) is 9.84. The Morgan fingerprint density at radius 2 is 1.84 bits per heavy atom. The van der Waals surface area contributed by atoms with Gasteiger partial charge in [-0.3, -0.25) is 9.59 Å². The van der Waals surface area contributed by atoms with Gasteiger partial charge in [-0.1, -0.05) is 64.4 Å². The van der Waals surface area contributed by atoms with Crippen LogP contribution < -0.4 is 5.56 Å². The van der Waals surface area contributed by atoms with E-state index in [-0.39, 0.29) is 32.9 Å². The number of alkyl halides is 3. The van der Waals surface area contributed by atoms with Gasteiger partial charge in [-0.15, -0.1) is 10.2 Å². The number of halogens is 5. The normalized spacial score (nSPS) is 13.2. The molecular formula is C23H15Cl2F3N6O2S. The van der Waals surface area contributed by atoms with Crippen molar-refractivity contribution in [3.05, 3.63) is 96.6 Å². The number of nitrogens with one attached hydrogen (secondary N) is 2. The summed E-state index contributed by atoms with van der Waals surface area (Å²) in [6.07, 6.45) is -4.47. The van der Waals surface area contributed by atoms with E-state index in [2.05, 4.69) is 20.6 Å². The highest BCUT2D eigenvalue weighted by Crippen LogP contribution is 2.41. The number of aromatic amines is 2. The van der Waals surface area contributed by atoms with Gasteiger partial charge in [0.25, 0.3) is 11.5 Å². The zero-order chi connectivity index (χ0) is 26.3. The third-order valence-corrected chi connectivity index (χ3v) is 7.79. The van der Waals surface area contributed by atoms with Gasteiger partial charge in [-0.2, -0.15) is 18.4 Å². The largest absolute Gasteiger partial charge is 0.431 e. The molecule has 3 heterocycles. The van der Waals surface area contributed by atoms with Crippen molar-refractivity contribution in [3.8, 4) is 0 Å². The predicted octanol–water partition coefficient (Wildman–Crippen LogP) is 5.11. The number of rotatable bonds is 5. The minimum atomic E-state index is -4.84. The van der Waals surface area contributed by atoms with Gasteiger partial charge >= 0.3 is 6.18 Å². The van der Waals surface area contributed by atoms with Crippen LogP contribution in [0.2, 0.25) is 10.0 Å². The molecule has 1 aliphatic rings. The van der Waals surface area contributed by atoms with Gasteiger partial charge in [0, 0.05) is 29.3 Å². The fourth-order valence-electron chi connectivity index (χ4n) is 4.05. The van der Waals surface area contributed by atoms with Crippen molar-refractivity contribution < 1.29 is 18.0 Å². The number of hydrogen-bond acceptors (Lipinski definition) is 6. The van der Waals surface area contributed by atoms with Crippen LogP contribution in [0.3, 0.4) is 0 Å². The third kappa shape index (κ3) is 5.09. The summed E-state index contributed by atoms with van der Waals surface area (Å²) in [5.41, 5.74) is -0.303. The fraction of sp³-hybridized carbons (Fsp3) is 0.174. The molecule has 0 bridgehead atoms. The van der Waals surface area contributed by atoms with Crippen LogP contribution in [0.1, 0.15) is 38.6 Å². The van der Waals surface area contributed by atoms with E-state index in [4.69, 9.17) is 23.2 Å².